The zero-order valence-electron chi connectivity index (χ0n) is 23.2. The Labute approximate surface area is 213 Å². The van der Waals surface area contributed by atoms with Gasteiger partial charge in [0.2, 0.25) is 0 Å². The second-order valence-corrected chi connectivity index (χ2v) is 14.1. The van der Waals surface area contributed by atoms with E-state index in [1.165, 1.54) is 38.5 Å². The lowest BCUT2D eigenvalue weighted by Crippen LogP contribution is -2.65. The van der Waals surface area contributed by atoms with Crippen LogP contribution in [0.25, 0.3) is 0 Å². The molecule has 2 heterocycles. The summed E-state index contributed by atoms with van der Waals surface area (Å²) in [7, 11) is 0. The Morgan fingerprint density at radius 2 is 1.60 bits per heavy atom. The fraction of sp³-hybridized carbons (Fsp3) is 0.935. The third-order valence-electron chi connectivity index (χ3n) is 11.9. The van der Waals surface area contributed by atoms with Crippen LogP contribution in [-0.4, -0.2) is 37.0 Å². The van der Waals surface area contributed by atoms with Crippen molar-refractivity contribution in [2.24, 2.45) is 46.3 Å². The molecule has 4 nitrogen and oxygen atoms in total. The highest BCUT2D eigenvalue weighted by Crippen LogP contribution is 2.71. The van der Waals surface area contributed by atoms with Gasteiger partial charge in [0.05, 0.1) is 25.4 Å². The molecule has 0 N–H and O–H groups in total. The highest BCUT2D eigenvalue weighted by Gasteiger charge is 2.70. The van der Waals surface area contributed by atoms with E-state index in [4.69, 9.17) is 18.9 Å². The maximum absolute atomic E-state index is 6.66. The van der Waals surface area contributed by atoms with Gasteiger partial charge in [-0.3, -0.25) is 0 Å². The predicted octanol–water partition coefficient (Wildman–Crippen LogP) is 7.12. The van der Waals surface area contributed by atoms with Crippen LogP contribution in [-0.2, 0) is 18.9 Å². The third kappa shape index (κ3) is 3.74. The van der Waals surface area contributed by atoms with Crippen LogP contribution in [0.5, 0.6) is 0 Å². The molecule has 6 aliphatic rings. The molecule has 2 saturated heterocycles. The second kappa shape index (κ2) is 8.55. The smallest absolute Gasteiger partial charge is 0.172 e. The minimum atomic E-state index is -0.478. The normalized spacial score (nSPS) is 50.6. The number of hydrogen-bond acceptors (Lipinski definition) is 4. The number of ether oxygens (including phenoxy) is 4. The summed E-state index contributed by atoms with van der Waals surface area (Å²) in [6.45, 7) is 15.6. The summed E-state index contributed by atoms with van der Waals surface area (Å²) in [6.07, 6.45) is 16.5. The summed E-state index contributed by atoms with van der Waals surface area (Å²) >= 11 is 0. The van der Waals surface area contributed by atoms with E-state index in [2.05, 4.69) is 53.7 Å². The van der Waals surface area contributed by atoms with Crippen molar-refractivity contribution in [2.45, 2.75) is 123 Å². The highest BCUT2D eigenvalue weighted by atomic mass is 16.8. The molecule has 0 aromatic carbocycles. The summed E-state index contributed by atoms with van der Waals surface area (Å²) < 4.78 is 26.2. The summed E-state index contributed by atoms with van der Waals surface area (Å²) in [4.78, 5) is 0. The van der Waals surface area contributed by atoms with Crippen LogP contribution in [0.1, 0.15) is 99.3 Å². The molecule has 0 aromatic heterocycles. The topological polar surface area (TPSA) is 36.9 Å². The first-order valence-corrected chi connectivity index (χ1v) is 14.9. The van der Waals surface area contributed by atoms with Gasteiger partial charge < -0.3 is 18.9 Å². The van der Waals surface area contributed by atoms with E-state index >= 15 is 0 Å². The van der Waals surface area contributed by atoms with E-state index in [0.29, 0.717) is 23.2 Å². The molecule has 2 aliphatic heterocycles. The first-order valence-electron chi connectivity index (χ1n) is 14.9. The van der Waals surface area contributed by atoms with E-state index < -0.39 is 11.6 Å². The average Bonchev–Trinajstić information content (AvgIpc) is 3.47. The molecule has 0 amide bonds. The lowest BCUT2D eigenvalue weighted by atomic mass is 9.42. The molecule has 198 valence electrons. The van der Waals surface area contributed by atoms with Crippen LogP contribution in [0.4, 0.5) is 0 Å². The molecule has 4 aliphatic carbocycles. The number of rotatable bonds is 4. The van der Waals surface area contributed by atoms with Crippen LogP contribution in [0.2, 0.25) is 0 Å². The molecule has 1 spiro atoms. The van der Waals surface area contributed by atoms with Crippen molar-refractivity contribution in [1.82, 2.24) is 0 Å². The number of hydrogen-bond donors (Lipinski definition) is 0. The van der Waals surface area contributed by atoms with Crippen LogP contribution < -0.4 is 0 Å². The van der Waals surface area contributed by atoms with Gasteiger partial charge in [0, 0.05) is 12.3 Å². The molecule has 0 radical (unpaired) electrons. The maximum Gasteiger partial charge on any atom is 0.172 e. The van der Waals surface area contributed by atoms with Crippen molar-refractivity contribution >= 4 is 0 Å². The molecule has 4 heteroatoms. The molecule has 6 unspecified atom stereocenters. The van der Waals surface area contributed by atoms with Crippen molar-refractivity contribution in [1.29, 1.82) is 0 Å². The lowest BCUT2D eigenvalue weighted by Gasteiger charge is -2.65. The van der Waals surface area contributed by atoms with Gasteiger partial charge in [-0.25, -0.2) is 0 Å². The summed E-state index contributed by atoms with van der Waals surface area (Å²) in [5.74, 6) is 3.19. The minimum Gasteiger partial charge on any atom is -0.347 e. The predicted molar refractivity (Wildman–Crippen MR) is 138 cm³/mol. The number of allylic oxidation sites excluding steroid dienone is 2. The van der Waals surface area contributed by atoms with E-state index in [9.17, 15) is 0 Å². The first-order chi connectivity index (χ1) is 16.6. The Bertz CT molecular complexity index is 830. The Balaban J connectivity index is 1.31. The van der Waals surface area contributed by atoms with Crippen LogP contribution in [0.15, 0.2) is 12.2 Å². The Hall–Kier alpha value is -0.420. The van der Waals surface area contributed by atoms with Crippen molar-refractivity contribution in [3.63, 3.8) is 0 Å². The molecule has 35 heavy (non-hydrogen) atoms. The van der Waals surface area contributed by atoms with Gasteiger partial charge in [-0.2, -0.15) is 0 Å². The standard InChI is InChI=1S/C31H50O4/c1-7-8-9-10-20(2)22-11-12-23-21-18-31(32-15-16-33-31)27-17-25-26(35-28(3,4)34-25)19-30(27,6)24(21)13-14-29(22,23)5/h9-10,20-27H,7-8,11-19H2,1-6H3/b10-9-/t20-,21?,22-,23?,24?,25+,26-,27?,29?,30?/m1/s1. The molecule has 0 aromatic rings. The Kier molecular flexibility index (Phi) is 6.08. The molecule has 4 saturated carbocycles. The molecule has 6 fully saturated rings. The SMILES string of the molecule is CCC/C=C\[C@@H](C)[C@H]1CCC2C3CC4(OCCO4)C4C[C@@H]5OC(C)(C)O[C@@H]5CC4(C)C3CCC21C. The average molecular weight is 487 g/mol. The fourth-order valence-corrected chi connectivity index (χ4v) is 10.6. The van der Waals surface area contributed by atoms with Crippen molar-refractivity contribution in [3.05, 3.63) is 12.2 Å². The maximum atomic E-state index is 6.66. The van der Waals surface area contributed by atoms with E-state index in [1.54, 1.807) is 0 Å². The van der Waals surface area contributed by atoms with Gasteiger partial charge >= 0.3 is 0 Å². The zero-order valence-corrected chi connectivity index (χ0v) is 23.2. The van der Waals surface area contributed by atoms with E-state index in [1.807, 2.05) is 0 Å². The van der Waals surface area contributed by atoms with Crippen LogP contribution in [0.3, 0.4) is 0 Å². The second-order valence-electron chi connectivity index (χ2n) is 14.1. The van der Waals surface area contributed by atoms with E-state index in [0.717, 1.165) is 50.2 Å². The molecule has 10 atom stereocenters. The number of fused-ring (bicyclic) bond motifs is 7. The minimum absolute atomic E-state index is 0.171. The van der Waals surface area contributed by atoms with Crippen molar-refractivity contribution < 1.29 is 18.9 Å². The molecule has 0 bridgehead atoms. The monoisotopic (exact) mass is 486 g/mol. The van der Waals surface area contributed by atoms with Crippen LogP contribution in [0, 0.1) is 46.3 Å². The van der Waals surface area contributed by atoms with Gasteiger partial charge in [-0.05, 0) is 99.2 Å². The third-order valence-corrected chi connectivity index (χ3v) is 11.9. The van der Waals surface area contributed by atoms with Crippen LogP contribution >= 0.6 is 0 Å². The largest absolute Gasteiger partial charge is 0.347 e. The Morgan fingerprint density at radius 1 is 0.886 bits per heavy atom. The fourth-order valence-electron chi connectivity index (χ4n) is 10.6. The van der Waals surface area contributed by atoms with Gasteiger partial charge in [0.15, 0.2) is 11.6 Å². The van der Waals surface area contributed by atoms with Gasteiger partial charge in [0.25, 0.3) is 0 Å². The Morgan fingerprint density at radius 3 is 2.34 bits per heavy atom. The number of unbranched alkanes of at least 4 members (excludes halogenated alkanes) is 1. The summed E-state index contributed by atoms with van der Waals surface area (Å²) in [5.41, 5.74) is 0.622. The molecule has 6 rings (SSSR count). The van der Waals surface area contributed by atoms with Gasteiger partial charge in [-0.15, -0.1) is 0 Å². The van der Waals surface area contributed by atoms with Gasteiger partial charge in [0.1, 0.15) is 0 Å². The van der Waals surface area contributed by atoms with E-state index in [-0.39, 0.29) is 17.6 Å². The highest BCUT2D eigenvalue weighted by molar-refractivity contribution is 5.16. The quantitative estimate of drug-likeness (QED) is 0.396. The van der Waals surface area contributed by atoms with Crippen molar-refractivity contribution in [2.75, 3.05) is 13.2 Å². The lowest BCUT2D eigenvalue weighted by molar-refractivity contribution is -0.300. The van der Waals surface area contributed by atoms with Gasteiger partial charge in [-0.1, -0.05) is 46.3 Å². The first kappa shape index (κ1) is 24.9. The summed E-state index contributed by atoms with van der Waals surface area (Å²) in [5, 5.41) is 0. The summed E-state index contributed by atoms with van der Waals surface area (Å²) in [6, 6.07) is 0. The molecular formula is C31H50O4. The van der Waals surface area contributed by atoms with Crippen molar-refractivity contribution in [3.8, 4) is 0 Å². The molecular weight excluding hydrogens is 436 g/mol. The zero-order chi connectivity index (χ0) is 24.6.